The molecule has 1 aromatic carbocycles. The third-order valence-corrected chi connectivity index (χ3v) is 3.62. The second kappa shape index (κ2) is 6.34. The minimum absolute atomic E-state index is 0.0235. The Bertz CT molecular complexity index is 570. The van der Waals surface area contributed by atoms with Crippen molar-refractivity contribution in [2.75, 3.05) is 19.7 Å². The van der Waals surface area contributed by atoms with Gasteiger partial charge in [-0.05, 0) is 6.92 Å². The van der Waals surface area contributed by atoms with E-state index in [1.165, 1.54) is 0 Å². The summed E-state index contributed by atoms with van der Waals surface area (Å²) in [5.41, 5.74) is 6.86. The summed E-state index contributed by atoms with van der Waals surface area (Å²) in [5.74, 6) is 1.25. The van der Waals surface area contributed by atoms with E-state index in [0.29, 0.717) is 24.9 Å². The fourth-order valence-corrected chi connectivity index (χ4v) is 2.41. The smallest absolute Gasteiger partial charge is 0.241 e. The first-order valence-electron chi connectivity index (χ1n) is 7.20. The maximum absolute atomic E-state index is 5.90. The SMILES string of the molecule is CC(N)C1CN(Cc2nc(-c3ccccc3)no2)CCO1. The quantitative estimate of drug-likeness (QED) is 0.913. The molecule has 0 spiro atoms. The molecule has 6 heteroatoms. The van der Waals surface area contributed by atoms with E-state index in [9.17, 15) is 0 Å². The van der Waals surface area contributed by atoms with E-state index < -0.39 is 0 Å². The summed E-state index contributed by atoms with van der Waals surface area (Å²) in [4.78, 5) is 6.69. The first-order valence-corrected chi connectivity index (χ1v) is 7.20. The average molecular weight is 288 g/mol. The molecule has 1 aliphatic rings. The number of hydrogen-bond acceptors (Lipinski definition) is 6. The lowest BCUT2D eigenvalue weighted by Gasteiger charge is -2.33. The zero-order valence-electron chi connectivity index (χ0n) is 12.1. The Labute approximate surface area is 123 Å². The summed E-state index contributed by atoms with van der Waals surface area (Å²) in [6.07, 6.45) is 0.0651. The highest BCUT2D eigenvalue weighted by Crippen LogP contribution is 2.16. The first-order chi connectivity index (χ1) is 10.2. The predicted molar refractivity (Wildman–Crippen MR) is 78.4 cm³/mol. The van der Waals surface area contributed by atoms with Crippen LogP contribution in [0.5, 0.6) is 0 Å². The van der Waals surface area contributed by atoms with Gasteiger partial charge in [-0.1, -0.05) is 35.5 Å². The van der Waals surface area contributed by atoms with Crippen LogP contribution in [-0.2, 0) is 11.3 Å². The number of nitrogens with two attached hydrogens (primary N) is 1. The molecule has 6 nitrogen and oxygen atoms in total. The van der Waals surface area contributed by atoms with Crippen LogP contribution in [-0.4, -0.2) is 46.9 Å². The van der Waals surface area contributed by atoms with Crippen molar-refractivity contribution in [1.82, 2.24) is 15.0 Å². The van der Waals surface area contributed by atoms with Gasteiger partial charge in [0.2, 0.25) is 11.7 Å². The number of benzene rings is 1. The van der Waals surface area contributed by atoms with E-state index in [1.54, 1.807) is 0 Å². The number of ether oxygens (including phenoxy) is 1. The minimum atomic E-state index is 0.0235. The third-order valence-electron chi connectivity index (χ3n) is 3.62. The van der Waals surface area contributed by atoms with Gasteiger partial charge in [0, 0.05) is 24.7 Å². The van der Waals surface area contributed by atoms with Gasteiger partial charge in [-0.25, -0.2) is 0 Å². The van der Waals surface area contributed by atoms with E-state index in [4.69, 9.17) is 15.0 Å². The van der Waals surface area contributed by atoms with E-state index >= 15 is 0 Å². The van der Waals surface area contributed by atoms with Crippen LogP contribution in [0.3, 0.4) is 0 Å². The van der Waals surface area contributed by atoms with Crippen molar-refractivity contribution in [2.45, 2.75) is 25.6 Å². The number of rotatable bonds is 4. The summed E-state index contributed by atoms with van der Waals surface area (Å²) < 4.78 is 11.0. The Morgan fingerprint density at radius 3 is 2.95 bits per heavy atom. The summed E-state index contributed by atoms with van der Waals surface area (Å²) in [5, 5.41) is 4.04. The molecule has 1 aromatic heterocycles. The Balaban J connectivity index is 1.65. The molecule has 3 rings (SSSR count). The van der Waals surface area contributed by atoms with Gasteiger partial charge in [0.25, 0.3) is 0 Å². The maximum Gasteiger partial charge on any atom is 0.241 e. The van der Waals surface area contributed by atoms with Gasteiger partial charge in [0.15, 0.2) is 0 Å². The van der Waals surface area contributed by atoms with Crippen molar-refractivity contribution in [3.05, 3.63) is 36.2 Å². The fraction of sp³-hybridized carbons (Fsp3) is 0.467. The molecule has 0 amide bonds. The van der Waals surface area contributed by atoms with Crippen molar-refractivity contribution in [3.63, 3.8) is 0 Å². The topological polar surface area (TPSA) is 77.4 Å². The van der Waals surface area contributed by atoms with E-state index in [0.717, 1.165) is 18.7 Å². The molecule has 0 saturated carbocycles. The van der Waals surface area contributed by atoms with Gasteiger partial charge < -0.3 is 15.0 Å². The molecule has 21 heavy (non-hydrogen) atoms. The van der Waals surface area contributed by atoms with Crippen LogP contribution in [0.2, 0.25) is 0 Å². The van der Waals surface area contributed by atoms with Gasteiger partial charge in [-0.2, -0.15) is 4.98 Å². The zero-order valence-corrected chi connectivity index (χ0v) is 12.1. The van der Waals surface area contributed by atoms with Crippen LogP contribution in [0, 0.1) is 0 Å². The second-order valence-corrected chi connectivity index (χ2v) is 5.38. The summed E-state index contributed by atoms with van der Waals surface area (Å²) >= 11 is 0. The first kappa shape index (κ1) is 14.2. The van der Waals surface area contributed by atoms with Crippen LogP contribution in [0.15, 0.2) is 34.9 Å². The Hall–Kier alpha value is -1.76. The molecule has 0 radical (unpaired) electrons. The molecular formula is C15H20N4O2. The Morgan fingerprint density at radius 1 is 1.38 bits per heavy atom. The lowest BCUT2D eigenvalue weighted by Crippen LogP contribution is -2.49. The lowest BCUT2D eigenvalue weighted by atomic mass is 10.1. The second-order valence-electron chi connectivity index (χ2n) is 5.38. The van der Waals surface area contributed by atoms with Crippen LogP contribution in [0.1, 0.15) is 12.8 Å². The molecule has 2 N–H and O–H groups in total. The molecule has 2 unspecified atom stereocenters. The highest BCUT2D eigenvalue weighted by molar-refractivity contribution is 5.53. The number of nitrogens with zero attached hydrogens (tertiary/aromatic N) is 3. The van der Waals surface area contributed by atoms with Crippen LogP contribution in [0.25, 0.3) is 11.4 Å². The number of hydrogen-bond donors (Lipinski definition) is 1. The third kappa shape index (κ3) is 3.47. The monoisotopic (exact) mass is 288 g/mol. The molecule has 1 fully saturated rings. The van der Waals surface area contributed by atoms with Crippen molar-refractivity contribution in [2.24, 2.45) is 5.73 Å². The molecule has 2 aromatic rings. The molecule has 112 valence electrons. The molecule has 1 aliphatic heterocycles. The fourth-order valence-electron chi connectivity index (χ4n) is 2.41. The van der Waals surface area contributed by atoms with E-state index in [1.807, 2.05) is 37.3 Å². The maximum atomic E-state index is 5.90. The standard InChI is InChI=1S/C15H20N4O2/c1-11(16)13-9-19(7-8-20-13)10-14-17-15(18-21-14)12-5-3-2-4-6-12/h2-6,11,13H,7-10,16H2,1H3. The van der Waals surface area contributed by atoms with Gasteiger partial charge in [-0.3, -0.25) is 4.90 Å². The molecule has 2 heterocycles. The molecule has 1 saturated heterocycles. The van der Waals surface area contributed by atoms with E-state index in [2.05, 4.69) is 15.0 Å². The molecular weight excluding hydrogens is 268 g/mol. The minimum Gasteiger partial charge on any atom is -0.374 e. The highest BCUT2D eigenvalue weighted by Gasteiger charge is 2.24. The van der Waals surface area contributed by atoms with Gasteiger partial charge in [0.1, 0.15) is 0 Å². The highest BCUT2D eigenvalue weighted by atomic mass is 16.5. The average Bonchev–Trinajstić information content (AvgIpc) is 2.97. The summed E-state index contributed by atoms with van der Waals surface area (Å²) in [6.45, 7) is 4.93. The van der Waals surface area contributed by atoms with E-state index in [-0.39, 0.29) is 12.1 Å². The lowest BCUT2D eigenvalue weighted by molar-refractivity contribution is -0.0427. The predicted octanol–water partition coefficient (Wildman–Crippen LogP) is 1.28. The molecule has 2 atom stereocenters. The summed E-state index contributed by atoms with van der Waals surface area (Å²) in [7, 11) is 0. The van der Waals surface area contributed by atoms with Gasteiger partial charge in [-0.15, -0.1) is 0 Å². The van der Waals surface area contributed by atoms with Crippen molar-refractivity contribution < 1.29 is 9.26 Å². The number of morpholine rings is 1. The van der Waals surface area contributed by atoms with Crippen molar-refractivity contribution in [3.8, 4) is 11.4 Å². The Kier molecular flexibility index (Phi) is 4.28. The van der Waals surface area contributed by atoms with Crippen LogP contribution >= 0.6 is 0 Å². The largest absolute Gasteiger partial charge is 0.374 e. The molecule has 0 aliphatic carbocycles. The van der Waals surface area contributed by atoms with Crippen LogP contribution < -0.4 is 5.73 Å². The zero-order chi connectivity index (χ0) is 14.7. The summed E-state index contributed by atoms with van der Waals surface area (Å²) in [6, 6.07) is 9.84. The van der Waals surface area contributed by atoms with Crippen LogP contribution in [0.4, 0.5) is 0 Å². The normalized spacial score (nSPS) is 21.3. The van der Waals surface area contributed by atoms with Crippen molar-refractivity contribution in [1.29, 1.82) is 0 Å². The van der Waals surface area contributed by atoms with Gasteiger partial charge >= 0.3 is 0 Å². The van der Waals surface area contributed by atoms with Crippen molar-refractivity contribution >= 4 is 0 Å². The number of aromatic nitrogens is 2. The molecule has 0 bridgehead atoms. The Morgan fingerprint density at radius 2 is 2.19 bits per heavy atom. The van der Waals surface area contributed by atoms with Gasteiger partial charge in [0.05, 0.1) is 19.3 Å².